The van der Waals surface area contributed by atoms with Crippen LogP contribution in [0.3, 0.4) is 0 Å². The number of amides is 2. The van der Waals surface area contributed by atoms with Gasteiger partial charge in [-0.05, 0) is 18.9 Å². The second-order valence-electron chi connectivity index (χ2n) is 10.5. The van der Waals surface area contributed by atoms with Gasteiger partial charge in [0.25, 0.3) is 0 Å². The zero-order chi connectivity index (χ0) is 25.5. The molecule has 0 saturated carbocycles. The molecule has 1 fully saturated rings. The van der Waals surface area contributed by atoms with Gasteiger partial charge >= 0.3 is 6.03 Å². The molecule has 6 N–H and O–H groups in total. The summed E-state index contributed by atoms with van der Waals surface area (Å²) in [6.45, 7) is 1.83. The number of aliphatic hydroxyl groups excluding tert-OH is 3. The van der Waals surface area contributed by atoms with Crippen LogP contribution in [0.2, 0.25) is 0 Å². The lowest BCUT2D eigenvalue weighted by molar-refractivity contribution is -0.0670. The van der Waals surface area contributed by atoms with Gasteiger partial charge in [-0.25, -0.2) is 4.79 Å². The molecule has 0 aliphatic carbocycles. The maximum atomic E-state index is 12.6. The summed E-state index contributed by atoms with van der Waals surface area (Å²) in [6.07, 6.45) is 20.2. The highest BCUT2D eigenvalue weighted by atomic mass is 16.6. The molecular formula is C27H51N3O5. The number of unbranched alkanes of at least 4 members (excludes halogenated alkanes) is 15. The molecule has 0 bridgehead atoms. The van der Waals surface area contributed by atoms with Crippen molar-refractivity contribution in [2.24, 2.45) is 5.73 Å². The van der Waals surface area contributed by atoms with Gasteiger partial charge < -0.3 is 31.1 Å². The summed E-state index contributed by atoms with van der Waals surface area (Å²) in [7, 11) is 0. The zero-order valence-electron chi connectivity index (χ0n) is 21.9. The van der Waals surface area contributed by atoms with Gasteiger partial charge in [0, 0.05) is 6.20 Å². The number of nitrogens with zero attached hydrogens (tertiary/aromatic N) is 1. The average Bonchev–Trinajstić information content (AvgIpc) is 3.12. The van der Waals surface area contributed by atoms with Crippen molar-refractivity contribution < 1.29 is 24.9 Å². The van der Waals surface area contributed by atoms with Crippen molar-refractivity contribution >= 4 is 6.03 Å². The second kappa shape index (κ2) is 16.5. The van der Waals surface area contributed by atoms with Crippen LogP contribution in [-0.2, 0) is 4.74 Å². The highest BCUT2D eigenvalue weighted by molar-refractivity contribution is 5.78. The van der Waals surface area contributed by atoms with Crippen molar-refractivity contribution in [1.29, 1.82) is 0 Å². The molecular weight excluding hydrogens is 446 g/mol. The van der Waals surface area contributed by atoms with E-state index < -0.39 is 42.8 Å². The molecule has 0 aromatic carbocycles. The largest absolute Gasteiger partial charge is 0.394 e. The normalized spacial score (nSPS) is 28.6. The Morgan fingerprint density at radius 3 is 1.80 bits per heavy atom. The lowest BCUT2D eigenvalue weighted by Gasteiger charge is -2.37. The molecule has 0 radical (unpaired) electrons. The van der Waals surface area contributed by atoms with Crippen LogP contribution >= 0.6 is 0 Å². The number of carbonyl (C=O) groups excluding carboxylic acids is 1. The van der Waals surface area contributed by atoms with Gasteiger partial charge in [0.15, 0.2) is 6.23 Å². The van der Waals surface area contributed by atoms with E-state index in [0.29, 0.717) is 6.42 Å². The smallest absolute Gasteiger partial charge is 0.325 e. The van der Waals surface area contributed by atoms with Crippen molar-refractivity contribution in [3.8, 4) is 0 Å². The molecule has 8 nitrogen and oxygen atoms in total. The third kappa shape index (κ3) is 10.4. The van der Waals surface area contributed by atoms with Crippen LogP contribution in [0, 0.1) is 0 Å². The van der Waals surface area contributed by atoms with Crippen LogP contribution in [0.25, 0.3) is 0 Å². The number of urea groups is 1. The quantitative estimate of drug-likeness (QED) is 0.170. The summed E-state index contributed by atoms with van der Waals surface area (Å²) >= 11 is 0. The van der Waals surface area contributed by atoms with Crippen LogP contribution in [0.5, 0.6) is 0 Å². The number of nitrogens with two attached hydrogens (primary N) is 1. The first-order chi connectivity index (χ1) is 16.9. The first-order valence-corrected chi connectivity index (χ1v) is 14.1. The number of hydrogen-bond donors (Lipinski definition) is 5. The highest BCUT2D eigenvalue weighted by Crippen LogP contribution is 2.27. The molecule has 8 heteroatoms. The Morgan fingerprint density at radius 1 is 0.886 bits per heavy atom. The van der Waals surface area contributed by atoms with Gasteiger partial charge in [-0.2, -0.15) is 0 Å². The lowest BCUT2D eigenvalue weighted by atomic mass is 9.99. The minimum atomic E-state index is -1.30. The minimum Gasteiger partial charge on any atom is -0.394 e. The van der Waals surface area contributed by atoms with Crippen molar-refractivity contribution in [2.75, 3.05) is 6.61 Å². The van der Waals surface area contributed by atoms with Crippen molar-refractivity contribution in [3.63, 3.8) is 0 Å². The van der Waals surface area contributed by atoms with Crippen LogP contribution in [0.1, 0.15) is 116 Å². The van der Waals surface area contributed by atoms with Gasteiger partial charge in [-0.15, -0.1) is 0 Å². The Morgan fingerprint density at radius 2 is 1.37 bits per heavy atom. The van der Waals surface area contributed by atoms with E-state index >= 15 is 0 Å². The predicted octanol–water partition coefficient (Wildman–Crippen LogP) is 4.27. The SMILES string of the molecule is CCCCCCCCCCCCCCCCCCC1(N)C=CN([C@@H]2O[C@H](CO)[C@@H](O)[C@H]2O)C(=O)N1. The van der Waals surface area contributed by atoms with Gasteiger partial charge in [0.05, 0.1) is 6.61 Å². The fraction of sp³-hybridized carbons (Fsp3) is 0.889. The molecule has 2 aliphatic rings. The molecule has 0 spiro atoms. The molecule has 2 aliphatic heterocycles. The Labute approximate surface area is 212 Å². The molecule has 1 saturated heterocycles. The number of aliphatic hydroxyl groups is 3. The van der Waals surface area contributed by atoms with Crippen LogP contribution in [0.15, 0.2) is 12.3 Å². The first-order valence-electron chi connectivity index (χ1n) is 14.1. The third-order valence-corrected chi connectivity index (χ3v) is 7.34. The number of hydrogen-bond acceptors (Lipinski definition) is 6. The van der Waals surface area contributed by atoms with Crippen LogP contribution < -0.4 is 11.1 Å². The number of ether oxygens (including phenoxy) is 1. The van der Waals surface area contributed by atoms with Gasteiger partial charge in [-0.1, -0.05) is 103 Å². The molecule has 0 aromatic heterocycles. The Balaban J connectivity index is 1.49. The maximum absolute atomic E-state index is 12.6. The third-order valence-electron chi connectivity index (χ3n) is 7.34. The van der Waals surface area contributed by atoms with Crippen LogP contribution in [-0.4, -0.2) is 63.1 Å². The van der Waals surface area contributed by atoms with Crippen molar-refractivity contribution in [1.82, 2.24) is 10.2 Å². The average molecular weight is 498 g/mol. The number of nitrogens with one attached hydrogen (secondary N) is 1. The van der Waals surface area contributed by atoms with Gasteiger partial charge in [0.1, 0.15) is 24.0 Å². The fourth-order valence-corrected chi connectivity index (χ4v) is 5.01. The summed E-state index contributed by atoms with van der Waals surface area (Å²) in [5.74, 6) is 0. The van der Waals surface area contributed by atoms with Gasteiger partial charge in [-0.3, -0.25) is 4.90 Å². The van der Waals surface area contributed by atoms with Crippen molar-refractivity contribution in [2.45, 2.75) is 146 Å². The fourth-order valence-electron chi connectivity index (χ4n) is 5.01. The Bertz CT molecular complexity index is 620. The van der Waals surface area contributed by atoms with E-state index in [1.54, 1.807) is 6.08 Å². The van der Waals surface area contributed by atoms with Crippen molar-refractivity contribution in [3.05, 3.63) is 12.3 Å². The molecule has 35 heavy (non-hydrogen) atoms. The minimum absolute atomic E-state index is 0.437. The Hall–Kier alpha value is -1.19. The number of rotatable bonds is 19. The number of carbonyl (C=O) groups is 1. The molecule has 204 valence electrons. The highest BCUT2D eigenvalue weighted by Gasteiger charge is 2.47. The first kappa shape index (κ1) is 30.0. The molecule has 0 aromatic rings. The van der Waals surface area contributed by atoms with Crippen LogP contribution in [0.4, 0.5) is 4.79 Å². The second-order valence-corrected chi connectivity index (χ2v) is 10.5. The molecule has 2 rings (SSSR count). The molecule has 5 atom stereocenters. The standard InChI is InChI=1S/C27H51N3O5/c1-2-3-4-5-6-7-8-9-10-11-12-13-14-15-16-17-18-27(28)19-20-30(26(34)29-27)25-24(33)23(32)22(21-31)35-25/h19-20,22-25,31-33H,2-18,21,28H2,1H3,(H,29,34)/t22-,23-,24-,25-,27?/m1/s1. The maximum Gasteiger partial charge on any atom is 0.325 e. The molecule has 2 amide bonds. The summed E-state index contributed by atoms with van der Waals surface area (Å²) in [5, 5.41) is 32.1. The van der Waals surface area contributed by atoms with E-state index in [2.05, 4.69) is 12.2 Å². The van der Waals surface area contributed by atoms with E-state index in [4.69, 9.17) is 10.5 Å². The lowest BCUT2D eigenvalue weighted by Crippen LogP contribution is -2.62. The zero-order valence-corrected chi connectivity index (χ0v) is 21.9. The van der Waals surface area contributed by atoms with E-state index in [9.17, 15) is 20.1 Å². The van der Waals surface area contributed by atoms with E-state index in [0.717, 1.165) is 12.8 Å². The van der Waals surface area contributed by atoms with E-state index in [1.807, 2.05) is 0 Å². The molecule has 1 unspecified atom stereocenters. The molecule has 2 heterocycles. The summed E-state index contributed by atoms with van der Waals surface area (Å²) in [6, 6.07) is -0.485. The summed E-state index contributed by atoms with van der Waals surface area (Å²) < 4.78 is 5.43. The summed E-state index contributed by atoms with van der Waals surface area (Å²) in [5.41, 5.74) is 5.42. The monoisotopic (exact) mass is 497 g/mol. The Kier molecular flexibility index (Phi) is 14.2. The van der Waals surface area contributed by atoms with E-state index in [1.165, 1.54) is 101 Å². The van der Waals surface area contributed by atoms with Gasteiger partial charge in [0.2, 0.25) is 0 Å². The topological polar surface area (TPSA) is 128 Å². The predicted molar refractivity (Wildman–Crippen MR) is 138 cm³/mol. The van der Waals surface area contributed by atoms with E-state index in [-0.39, 0.29) is 0 Å². The summed E-state index contributed by atoms with van der Waals surface area (Å²) in [4.78, 5) is 13.7.